The molecule has 0 bridgehead atoms. The first-order chi connectivity index (χ1) is 14.4. The van der Waals surface area contributed by atoms with Gasteiger partial charge in [0.25, 0.3) is 11.8 Å². The van der Waals surface area contributed by atoms with Crippen molar-refractivity contribution in [1.82, 2.24) is 0 Å². The predicted octanol–water partition coefficient (Wildman–Crippen LogP) is 4.58. The van der Waals surface area contributed by atoms with Gasteiger partial charge in [-0.2, -0.15) is 0 Å². The lowest BCUT2D eigenvalue weighted by atomic mass is 10.1. The number of aryl methyl sites for hydroxylation is 2. The summed E-state index contributed by atoms with van der Waals surface area (Å²) in [6.45, 7) is 3.78. The topological polar surface area (TPSA) is 76.7 Å². The number of nitrogens with one attached hydrogen (secondary N) is 2. The van der Waals surface area contributed by atoms with E-state index in [9.17, 15) is 9.59 Å². The van der Waals surface area contributed by atoms with Gasteiger partial charge in [-0.3, -0.25) is 9.59 Å². The molecule has 30 heavy (non-hydrogen) atoms. The molecule has 0 radical (unpaired) electrons. The number of rotatable bonds is 7. The Labute approximate surface area is 175 Å². The van der Waals surface area contributed by atoms with Crippen LogP contribution in [0, 0.1) is 13.8 Å². The van der Waals surface area contributed by atoms with E-state index in [2.05, 4.69) is 10.6 Å². The van der Waals surface area contributed by atoms with Gasteiger partial charge in [-0.25, -0.2) is 0 Å². The van der Waals surface area contributed by atoms with Crippen molar-refractivity contribution in [3.05, 3.63) is 83.4 Å². The van der Waals surface area contributed by atoms with Crippen LogP contribution in [0.4, 0.5) is 11.4 Å². The van der Waals surface area contributed by atoms with Gasteiger partial charge in [0.15, 0.2) is 6.61 Å². The first-order valence-corrected chi connectivity index (χ1v) is 9.50. The summed E-state index contributed by atoms with van der Waals surface area (Å²) in [5.74, 6) is 0.661. The van der Waals surface area contributed by atoms with Crippen molar-refractivity contribution in [3.63, 3.8) is 0 Å². The van der Waals surface area contributed by atoms with Crippen molar-refractivity contribution in [2.24, 2.45) is 0 Å². The van der Waals surface area contributed by atoms with Crippen LogP contribution >= 0.6 is 0 Å². The summed E-state index contributed by atoms with van der Waals surface area (Å²) < 4.78 is 10.6. The third-order valence-corrected chi connectivity index (χ3v) is 4.48. The number of carbonyl (C=O) groups excluding carboxylic acids is 2. The zero-order valence-corrected chi connectivity index (χ0v) is 17.2. The predicted molar refractivity (Wildman–Crippen MR) is 117 cm³/mol. The van der Waals surface area contributed by atoms with Gasteiger partial charge in [0.2, 0.25) is 0 Å². The molecule has 3 aromatic rings. The molecule has 0 saturated carbocycles. The zero-order valence-electron chi connectivity index (χ0n) is 17.2. The normalized spacial score (nSPS) is 10.2. The van der Waals surface area contributed by atoms with Crippen molar-refractivity contribution in [3.8, 4) is 11.5 Å². The molecule has 0 atom stereocenters. The van der Waals surface area contributed by atoms with Gasteiger partial charge in [0.05, 0.1) is 7.11 Å². The molecule has 0 fully saturated rings. The number of hydrogen-bond acceptors (Lipinski definition) is 4. The van der Waals surface area contributed by atoms with E-state index in [-0.39, 0.29) is 18.4 Å². The highest BCUT2D eigenvalue weighted by Crippen LogP contribution is 2.19. The Morgan fingerprint density at radius 3 is 2.37 bits per heavy atom. The lowest BCUT2D eigenvalue weighted by Crippen LogP contribution is -2.20. The minimum absolute atomic E-state index is 0.148. The molecule has 2 amide bonds. The Kier molecular flexibility index (Phi) is 6.70. The van der Waals surface area contributed by atoms with Crippen LogP contribution in [-0.4, -0.2) is 25.5 Å². The van der Waals surface area contributed by atoms with Gasteiger partial charge in [-0.15, -0.1) is 0 Å². The molecular formula is C24H24N2O4. The Hall–Kier alpha value is -3.80. The first-order valence-electron chi connectivity index (χ1n) is 9.50. The van der Waals surface area contributed by atoms with E-state index in [4.69, 9.17) is 9.47 Å². The number of ether oxygens (including phenoxy) is 2. The molecule has 0 aliphatic carbocycles. The number of methoxy groups -OCH3 is 1. The van der Waals surface area contributed by atoms with Gasteiger partial charge >= 0.3 is 0 Å². The molecule has 0 aromatic heterocycles. The second-order valence-electron chi connectivity index (χ2n) is 6.87. The molecule has 0 aliphatic rings. The number of carbonyl (C=O) groups is 2. The number of anilines is 2. The van der Waals surface area contributed by atoms with Gasteiger partial charge in [0, 0.05) is 23.0 Å². The molecule has 0 aliphatic heterocycles. The molecule has 6 heteroatoms. The fraction of sp³-hybridized carbons (Fsp3) is 0.167. The third-order valence-electron chi connectivity index (χ3n) is 4.48. The summed E-state index contributed by atoms with van der Waals surface area (Å²) in [5, 5.41) is 5.67. The summed E-state index contributed by atoms with van der Waals surface area (Å²) in [5.41, 5.74) is 3.99. The van der Waals surface area contributed by atoms with Crippen molar-refractivity contribution in [2.45, 2.75) is 13.8 Å². The number of hydrogen-bond donors (Lipinski definition) is 2. The number of amides is 2. The fourth-order valence-electron chi connectivity index (χ4n) is 2.81. The van der Waals surface area contributed by atoms with Crippen molar-refractivity contribution in [1.29, 1.82) is 0 Å². The highest BCUT2D eigenvalue weighted by molar-refractivity contribution is 6.04. The van der Waals surface area contributed by atoms with Crippen LogP contribution in [0.1, 0.15) is 21.5 Å². The Bertz CT molecular complexity index is 1050. The molecule has 2 N–H and O–H groups in total. The Morgan fingerprint density at radius 1 is 0.867 bits per heavy atom. The molecule has 0 spiro atoms. The molecule has 6 nitrogen and oxygen atoms in total. The lowest BCUT2D eigenvalue weighted by molar-refractivity contribution is -0.118. The molecule has 0 unspecified atom stereocenters. The lowest BCUT2D eigenvalue weighted by Gasteiger charge is -2.11. The second kappa shape index (κ2) is 9.60. The van der Waals surface area contributed by atoms with Crippen LogP contribution in [0.25, 0.3) is 0 Å². The van der Waals surface area contributed by atoms with Crippen LogP contribution in [0.2, 0.25) is 0 Å². The summed E-state index contributed by atoms with van der Waals surface area (Å²) in [6.07, 6.45) is 0. The highest BCUT2D eigenvalue weighted by Gasteiger charge is 2.09. The summed E-state index contributed by atoms with van der Waals surface area (Å²) >= 11 is 0. The minimum atomic E-state index is -0.292. The highest BCUT2D eigenvalue weighted by atomic mass is 16.5. The average Bonchev–Trinajstić information content (AvgIpc) is 2.75. The maximum atomic E-state index is 12.5. The van der Waals surface area contributed by atoms with Crippen LogP contribution in [0.3, 0.4) is 0 Å². The molecule has 0 saturated heterocycles. The average molecular weight is 404 g/mol. The van der Waals surface area contributed by atoms with Gasteiger partial charge in [-0.05, 0) is 67.4 Å². The third kappa shape index (κ3) is 5.61. The largest absolute Gasteiger partial charge is 0.497 e. The Morgan fingerprint density at radius 2 is 1.63 bits per heavy atom. The smallest absolute Gasteiger partial charge is 0.262 e. The molecule has 3 aromatic carbocycles. The van der Waals surface area contributed by atoms with E-state index in [0.29, 0.717) is 22.7 Å². The van der Waals surface area contributed by atoms with Crippen LogP contribution in [-0.2, 0) is 4.79 Å². The minimum Gasteiger partial charge on any atom is -0.497 e. The maximum absolute atomic E-state index is 12.5. The van der Waals surface area contributed by atoms with E-state index < -0.39 is 0 Å². The van der Waals surface area contributed by atoms with Crippen molar-refractivity contribution < 1.29 is 19.1 Å². The standard InChI is InChI=1S/C24H24N2O4/c1-16-7-8-17(2)22(13-16)26-24(28)18-9-11-20(12-10-18)30-15-23(27)25-19-5-4-6-21(14-19)29-3/h4-14H,15H2,1-3H3,(H,25,27)(H,26,28). The van der Waals surface area contributed by atoms with Gasteiger partial charge in [-0.1, -0.05) is 18.2 Å². The summed E-state index contributed by atoms with van der Waals surface area (Å²) in [6, 6.07) is 19.6. The number of benzene rings is 3. The van der Waals surface area contributed by atoms with Gasteiger partial charge < -0.3 is 20.1 Å². The molecule has 154 valence electrons. The SMILES string of the molecule is COc1cccc(NC(=O)COc2ccc(C(=O)Nc3cc(C)ccc3C)cc2)c1. The van der Waals surface area contributed by atoms with Crippen molar-refractivity contribution in [2.75, 3.05) is 24.4 Å². The van der Waals surface area contributed by atoms with E-state index in [0.717, 1.165) is 16.8 Å². The molecule has 3 rings (SSSR count). The zero-order chi connectivity index (χ0) is 21.5. The summed E-state index contributed by atoms with van der Waals surface area (Å²) in [4.78, 5) is 24.6. The van der Waals surface area contributed by atoms with Crippen LogP contribution < -0.4 is 20.1 Å². The van der Waals surface area contributed by atoms with E-state index in [1.165, 1.54) is 0 Å². The second-order valence-corrected chi connectivity index (χ2v) is 6.87. The summed E-state index contributed by atoms with van der Waals surface area (Å²) in [7, 11) is 1.57. The molecular weight excluding hydrogens is 380 g/mol. The monoisotopic (exact) mass is 404 g/mol. The maximum Gasteiger partial charge on any atom is 0.262 e. The Balaban J connectivity index is 1.54. The quantitative estimate of drug-likeness (QED) is 0.604. The van der Waals surface area contributed by atoms with E-state index in [1.807, 2.05) is 32.0 Å². The van der Waals surface area contributed by atoms with Crippen LogP contribution in [0.15, 0.2) is 66.7 Å². The van der Waals surface area contributed by atoms with Gasteiger partial charge in [0.1, 0.15) is 11.5 Å². The van der Waals surface area contributed by atoms with Crippen molar-refractivity contribution >= 4 is 23.2 Å². The van der Waals surface area contributed by atoms with E-state index >= 15 is 0 Å². The first kappa shape index (κ1) is 20.9. The van der Waals surface area contributed by atoms with E-state index in [1.54, 1.807) is 55.6 Å². The molecule has 0 heterocycles. The fourth-order valence-corrected chi connectivity index (χ4v) is 2.81. The van der Waals surface area contributed by atoms with Crippen LogP contribution in [0.5, 0.6) is 11.5 Å².